The van der Waals surface area contributed by atoms with Gasteiger partial charge in [0.25, 0.3) is 0 Å². The van der Waals surface area contributed by atoms with Gasteiger partial charge in [0.15, 0.2) is 15.7 Å². The highest BCUT2D eigenvalue weighted by atomic mass is 32.2. The number of carbonyl (C=O) groups is 2. The Morgan fingerprint density at radius 2 is 2.07 bits per heavy atom. The Morgan fingerprint density at radius 3 is 2.76 bits per heavy atom. The number of urea groups is 1. The maximum atomic E-state index is 12.8. The first-order chi connectivity index (χ1) is 13.6. The first-order valence-electron chi connectivity index (χ1n) is 9.31. The molecule has 0 fully saturated rings. The van der Waals surface area contributed by atoms with Crippen LogP contribution in [0, 0.1) is 0 Å². The number of fused-ring (bicyclic) bond motifs is 2. The van der Waals surface area contributed by atoms with Gasteiger partial charge in [-0.1, -0.05) is 6.07 Å². The SMILES string of the molecule is CC(C)(O)c1cnc(S(N)(=O)=NC(=O)Nc2c3c(cc4c2C(=O)CC4)CCC3)s1. The molecule has 0 saturated carbocycles. The number of aromatic nitrogens is 1. The lowest BCUT2D eigenvalue weighted by Gasteiger charge is -2.14. The molecule has 2 aliphatic rings. The van der Waals surface area contributed by atoms with Crippen LogP contribution in [0.4, 0.5) is 10.5 Å². The lowest BCUT2D eigenvalue weighted by atomic mass is 9.98. The number of nitrogens with two attached hydrogens (primary N) is 1. The number of aliphatic hydroxyl groups is 1. The number of anilines is 1. The summed E-state index contributed by atoms with van der Waals surface area (Å²) in [7, 11) is -3.59. The normalized spacial score (nSPS) is 17.6. The van der Waals surface area contributed by atoms with Gasteiger partial charge in [0, 0.05) is 18.2 Å². The van der Waals surface area contributed by atoms with Crippen molar-refractivity contribution in [3.63, 3.8) is 0 Å². The van der Waals surface area contributed by atoms with E-state index in [9.17, 15) is 18.9 Å². The van der Waals surface area contributed by atoms with Gasteiger partial charge in [0.05, 0.1) is 16.2 Å². The molecule has 2 aliphatic carbocycles. The predicted octanol–water partition coefficient (Wildman–Crippen LogP) is 2.92. The summed E-state index contributed by atoms with van der Waals surface area (Å²) in [5.74, 6) is -0.00627. The third kappa shape index (κ3) is 3.73. The van der Waals surface area contributed by atoms with Crippen LogP contribution >= 0.6 is 11.3 Å². The lowest BCUT2D eigenvalue weighted by molar-refractivity contribution is 0.0823. The minimum atomic E-state index is -3.59. The molecule has 2 aromatic rings. The van der Waals surface area contributed by atoms with Crippen LogP contribution in [0.3, 0.4) is 0 Å². The first kappa shape index (κ1) is 20.1. The summed E-state index contributed by atoms with van der Waals surface area (Å²) in [6.07, 6.45) is 5.08. The van der Waals surface area contributed by atoms with Crippen LogP contribution < -0.4 is 10.5 Å². The average molecular weight is 435 g/mol. The number of thiazole rings is 1. The Balaban J connectivity index is 1.68. The zero-order chi connectivity index (χ0) is 21.0. The molecule has 1 aromatic heterocycles. The van der Waals surface area contributed by atoms with Crippen molar-refractivity contribution in [1.82, 2.24) is 4.98 Å². The maximum Gasteiger partial charge on any atom is 0.354 e. The summed E-state index contributed by atoms with van der Waals surface area (Å²) in [5.41, 5.74) is 2.88. The van der Waals surface area contributed by atoms with Crippen molar-refractivity contribution in [2.75, 3.05) is 5.32 Å². The first-order valence-corrected chi connectivity index (χ1v) is 11.7. The molecular formula is C19H22N4O4S2. The summed E-state index contributed by atoms with van der Waals surface area (Å²) < 4.78 is 16.4. The number of hydrogen-bond acceptors (Lipinski definition) is 6. The number of nitrogens with zero attached hydrogens (tertiary/aromatic N) is 2. The van der Waals surface area contributed by atoms with Crippen molar-refractivity contribution in [1.29, 1.82) is 0 Å². The van der Waals surface area contributed by atoms with Crippen molar-refractivity contribution in [3.05, 3.63) is 39.4 Å². The van der Waals surface area contributed by atoms with E-state index in [-0.39, 0.29) is 10.1 Å². The minimum Gasteiger partial charge on any atom is -0.385 e. The fourth-order valence-electron chi connectivity index (χ4n) is 3.80. The molecule has 154 valence electrons. The summed E-state index contributed by atoms with van der Waals surface area (Å²) in [5, 5.41) is 18.5. The molecule has 2 amide bonds. The molecule has 1 atom stereocenters. The third-order valence-corrected chi connectivity index (χ3v) is 8.28. The van der Waals surface area contributed by atoms with Gasteiger partial charge in [0.1, 0.15) is 0 Å². The van der Waals surface area contributed by atoms with Gasteiger partial charge in [-0.05, 0) is 56.2 Å². The highest BCUT2D eigenvalue weighted by Gasteiger charge is 2.30. The molecule has 0 spiro atoms. The molecule has 1 unspecified atom stereocenters. The Labute approximate surface area is 172 Å². The second kappa shape index (κ2) is 6.98. The van der Waals surface area contributed by atoms with E-state index < -0.39 is 21.5 Å². The largest absolute Gasteiger partial charge is 0.385 e. The van der Waals surface area contributed by atoms with Crippen LogP contribution in [0.25, 0.3) is 0 Å². The molecule has 0 aliphatic heterocycles. The number of rotatable bonds is 3. The zero-order valence-electron chi connectivity index (χ0n) is 16.2. The highest BCUT2D eigenvalue weighted by molar-refractivity contribution is 7.93. The van der Waals surface area contributed by atoms with Gasteiger partial charge in [-0.3, -0.25) is 4.79 Å². The highest BCUT2D eigenvalue weighted by Crippen LogP contribution is 2.38. The van der Waals surface area contributed by atoms with Crippen LogP contribution in [0.15, 0.2) is 21.0 Å². The van der Waals surface area contributed by atoms with Gasteiger partial charge in [0.2, 0.25) is 4.34 Å². The van der Waals surface area contributed by atoms with Crippen molar-refractivity contribution in [3.8, 4) is 0 Å². The molecule has 10 heteroatoms. The van der Waals surface area contributed by atoms with Crippen LogP contribution in [-0.2, 0) is 34.8 Å². The molecule has 1 heterocycles. The maximum absolute atomic E-state index is 12.8. The Bertz CT molecular complexity index is 1150. The predicted molar refractivity (Wildman–Crippen MR) is 111 cm³/mol. The smallest absolute Gasteiger partial charge is 0.354 e. The van der Waals surface area contributed by atoms with E-state index >= 15 is 0 Å². The number of ketones is 1. The van der Waals surface area contributed by atoms with Crippen LogP contribution in [-0.4, -0.2) is 26.1 Å². The van der Waals surface area contributed by atoms with Gasteiger partial charge in [-0.25, -0.2) is 19.1 Å². The van der Waals surface area contributed by atoms with E-state index in [1.165, 1.54) is 6.20 Å². The van der Waals surface area contributed by atoms with Gasteiger partial charge in [-0.15, -0.1) is 15.7 Å². The molecule has 0 bridgehead atoms. The quantitative estimate of drug-likeness (QED) is 0.683. The number of carbonyl (C=O) groups excluding carboxylic acids is 2. The fraction of sp³-hybridized carbons (Fsp3) is 0.421. The second-order valence-electron chi connectivity index (χ2n) is 7.84. The average Bonchev–Trinajstić information content (AvgIpc) is 3.33. The van der Waals surface area contributed by atoms with Crippen molar-refractivity contribution < 1.29 is 18.9 Å². The summed E-state index contributed by atoms with van der Waals surface area (Å²) in [6, 6.07) is 1.19. The van der Waals surface area contributed by atoms with Gasteiger partial charge < -0.3 is 10.4 Å². The van der Waals surface area contributed by atoms with Crippen molar-refractivity contribution in [2.45, 2.75) is 55.9 Å². The van der Waals surface area contributed by atoms with E-state index in [1.54, 1.807) is 13.8 Å². The third-order valence-electron chi connectivity index (χ3n) is 5.17. The molecule has 4 N–H and O–H groups in total. The molecular weight excluding hydrogens is 412 g/mol. The second-order valence-corrected chi connectivity index (χ2v) is 10.8. The number of benzene rings is 1. The van der Waals surface area contributed by atoms with E-state index in [2.05, 4.69) is 20.7 Å². The molecule has 29 heavy (non-hydrogen) atoms. The Hall–Kier alpha value is -2.14. The lowest BCUT2D eigenvalue weighted by Crippen LogP contribution is -2.19. The van der Waals surface area contributed by atoms with E-state index in [4.69, 9.17) is 5.14 Å². The van der Waals surface area contributed by atoms with Gasteiger partial charge >= 0.3 is 6.03 Å². The molecule has 0 saturated heterocycles. The summed E-state index contributed by atoms with van der Waals surface area (Å²) >= 11 is 0.946. The van der Waals surface area contributed by atoms with Crippen LogP contribution in [0.2, 0.25) is 0 Å². The van der Waals surface area contributed by atoms with E-state index in [1.807, 2.05) is 0 Å². The fourth-order valence-corrected chi connectivity index (χ4v) is 5.88. The van der Waals surface area contributed by atoms with Gasteiger partial charge in [-0.2, -0.15) is 0 Å². The number of amides is 2. The van der Waals surface area contributed by atoms with Crippen LogP contribution in [0.5, 0.6) is 0 Å². The number of aryl methyl sites for hydroxylation is 2. The Morgan fingerprint density at radius 1 is 1.31 bits per heavy atom. The van der Waals surface area contributed by atoms with E-state index in [0.29, 0.717) is 29.0 Å². The number of Topliss-reactive ketones (excluding diaryl/α,β-unsaturated/α-hetero) is 1. The van der Waals surface area contributed by atoms with Crippen molar-refractivity contribution >= 4 is 38.8 Å². The minimum absolute atomic E-state index is 0.00627. The Kier molecular flexibility index (Phi) is 4.85. The molecule has 8 nitrogen and oxygen atoms in total. The number of hydrogen-bond donors (Lipinski definition) is 3. The monoisotopic (exact) mass is 434 g/mol. The summed E-state index contributed by atoms with van der Waals surface area (Å²) in [6.45, 7) is 3.14. The molecule has 4 rings (SSSR count). The zero-order valence-corrected chi connectivity index (χ0v) is 17.8. The van der Waals surface area contributed by atoms with Crippen molar-refractivity contribution in [2.24, 2.45) is 9.50 Å². The standard InChI is InChI=1S/C19H22N4O4S2/c1-19(2,26)14-9-21-18(28-14)29(20,27)23-17(25)22-16-12-5-3-4-10(12)8-11-6-7-13(24)15(11)16/h8-9,26H,3-7H2,1-2H3,(H3,20,22,23,25,27). The van der Waals surface area contributed by atoms with E-state index in [0.717, 1.165) is 47.3 Å². The van der Waals surface area contributed by atoms with Crippen LogP contribution in [0.1, 0.15) is 58.6 Å². The molecule has 1 aromatic carbocycles. The topological polar surface area (TPSA) is 135 Å². The molecule has 0 radical (unpaired) electrons. The number of nitrogens with one attached hydrogen (secondary N) is 1. The summed E-state index contributed by atoms with van der Waals surface area (Å²) in [4.78, 5) is 29.4.